The Bertz CT molecular complexity index is 271. The summed E-state index contributed by atoms with van der Waals surface area (Å²) < 4.78 is 5.51. The molecule has 0 aromatic carbocycles. The molecule has 0 saturated heterocycles. The second-order valence-electron chi connectivity index (χ2n) is 4.50. The molecular formula is C14H22NO. The quantitative estimate of drug-likeness (QED) is 0.657. The van der Waals surface area contributed by atoms with E-state index in [1.54, 1.807) is 0 Å². The third-order valence-electron chi connectivity index (χ3n) is 2.60. The molecule has 1 heterocycles. The van der Waals surface area contributed by atoms with Crippen molar-refractivity contribution in [2.45, 2.75) is 32.6 Å². The first-order chi connectivity index (χ1) is 7.70. The molecule has 0 saturated carbocycles. The number of ether oxygens (including phenoxy) is 1. The van der Waals surface area contributed by atoms with Crippen molar-refractivity contribution in [3.05, 3.63) is 37.0 Å². The highest BCUT2D eigenvalue weighted by atomic mass is 16.5. The van der Waals surface area contributed by atoms with E-state index in [0.29, 0.717) is 11.8 Å². The second kappa shape index (κ2) is 7.39. The van der Waals surface area contributed by atoms with E-state index in [9.17, 15) is 0 Å². The van der Waals surface area contributed by atoms with Crippen LogP contribution in [-0.2, 0) is 4.74 Å². The van der Waals surface area contributed by atoms with Crippen LogP contribution in [0, 0.1) is 12.8 Å². The minimum atomic E-state index is 0.387. The summed E-state index contributed by atoms with van der Waals surface area (Å²) in [6.45, 7) is 9.82. The molecule has 0 aliphatic heterocycles. The summed E-state index contributed by atoms with van der Waals surface area (Å²) in [6, 6.07) is 4.17. The van der Waals surface area contributed by atoms with Crippen molar-refractivity contribution >= 4 is 0 Å². The lowest BCUT2D eigenvalue weighted by Crippen LogP contribution is -2.04. The molecule has 2 nitrogen and oxygen atoms in total. The van der Waals surface area contributed by atoms with Gasteiger partial charge in [0.2, 0.25) is 0 Å². The van der Waals surface area contributed by atoms with Gasteiger partial charge < -0.3 is 4.74 Å². The molecule has 1 aromatic rings. The Balaban J connectivity index is 2.14. The van der Waals surface area contributed by atoms with Crippen LogP contribution in [0.5, 0.6) is 0 Å². The molecule has 0 bridgehead atoms. The predicted molar refractivity (Wildman–Crippen MR) is 67.2 cm³/mol. The summed E-state index contributed by atoms with van der Waals surface area (Å²) in [7, 11) is 0. The van der Waals surface area contributed by atoms with Crippen LogP contribution in [0.1, 0.15) is 38.2 Å². The monoisotopic (exact) mass is 220 g/mol. The number of nitrogens with zero attached hydrogens (tertiary/aromatic N) is 1. The Morgan fingerprint density at radius 2 is 2.00 bits per heavy atom. The largest absolute Gasteiger partial charge is 0.381 e. The number of hydrogen-bond donors (Lipinski definition) is 0. The van der Waals surface area contributed by atoms with Gasteiger partial charge in [0.15, 0.2) is 0 Å². The maximum absolute atomic E-state index is 5.51. The summed E-state index contributed by atoms with van der Waals surface area (Å²) >= 11 is 0. The standard InChI is InChI=1S/C14H22NO/c1-12(2)11-16-10-4-5-13(3)14-6-8-15-9-7-14/h6-9,12-13H,1,4-5,10-11H2,2-3H3. The summed E-state index contributed by atoms with van der Waals surface area (Å²) in [5, 5.41) is 0. The van der Waals surface area contributed by atoms with Gasteiger partial charge in [0.1, 0.15) is 0 Å². The van der Waals surface area contributed by atoms with Gasteiger partial charge >= 0.3 is 0 Å². The molecule has 1 radical (unpaired) electrons. The highest BCUT2D eigenvalue weighted by Crippen LogP contribution is 2.19. The number of aromatic nitrogens is 1. The van der Waals surface area contributed by atoms with Crippen LogP contribution in [0.2, 0.25) is 0 Å². The molecule has 0 amide bonds. The van der Waals surface area contributed by atoms with Crippen LogP contribution < -0.4 is 0 Å². The first-order valence-corrected chi connectivity index (χ1v) is 6.01. The third kappa shape index (κ3) is 5.26. The number of pyridine rings is 1. The summed E-state index contributed by atoms with van der Waals surface area (Å²) in [4.78, 5) is 4.03. The van der Waals surface area contributed by atoms with Crippen LogP contribution in [0.25, 0.3) is 0 Å². The average molecular weight is 220 g/mol. The van der Waals surface area contributed by atoms with E-state index >= 15 is 0 Å². The van der Waals surface area contributed by atoms with Crippen LogP contribution in [0.15, 0.2) is 24.5 Å². The third-order valence-corrected chi connectivity index (χ3v) is 2.60. The molecule has 2 atom stereocenters. The Morgan fingerprint density at radius 3 is 2.62 bits per heavy atom. The fraction of sp³-hybridized carbons (Fsp3) is 0.571. The van der Waals surface area contributed by atoms with Crippen LogP contribution in [-0.4, -0.2) is 18.2 Å². The van der Waals surface area contributed by atoms with Crippen LogP contribution in [0.3, 0.4) is 0 Å². The Kier molecular flexibility index (Phi) is 6.09. The van der Waals surface area contributed by atoms with Crippen molar-refractivity contribution in [3.63, 3.8) is 0 Å². The SMILES string of the molecule is [CH2]C(C)COCCCC(C)c1ccncc1. The normalized spacial score (nSPS) is 13.0. The molecule has 0 fully saturated rings. The van der Waals surface area contributed by atoms with Crippen molar-refractivity contribution in [1.82, 2.24) is 4.98 Å². The van der Waals surface area contributed by atoms with Crippen LogP contribution >= 0.6 is 0 Å². The predicted octanol–water partition coefficient (Wildman–Crippen LogP) is 3.45. The van der Waals surface area contributed by atoms with E-state index in [4.69, 9.17) is 4.74 Å². The smallest absolute Gasteiger partial charge is 0.0491 e. The van der Waals surface area contributed by atoms with Gasteiger partial charge in [-0.15, -0.1) is 0 Å². The van der Waals surface area contributed by atoms with Crippen molar-refractivity contribution in [2.24, 2.45) is 5.92 Å². The Labute approximate surface area is 99.0 Å². The van der Waals surface area contributed by atoms with Crippen molar-refractivity contribution in [3.8, 4) is 0 Å². The summed E-state index contributed by atoms with van der Waals surface area (Å²) in [5.74, 6) is 0.974. The molecule has 0 N–H and O–H groups in total. The van der Waals surface area contributed by atoms with E-state index in [1.807, 2.05) is 12.4 Å². The van der Waals surface area contributed by atoms with Crippen molar-refractivity contribution in [1.29, 1.82) is 0 Å². The zero-order valence-electron chi connectivity index (χ0n) is 10.4. The molecule has 2 heteroatoms. The minimum absolute atomic E-state index is 0.387. The lowest BCUT2D eigenvalue weighted by molar-refractivity contribution is 0.112. The molecule has 0 aliphatic carbocycles. The van der Waals surface area contributed by atoms with Gasteiger partial charge in [0, 0.05) is 25.6 Å². The van der Waals surface area contributed by atoms with E-state index in [-0.39, 0.29) is 0 Å². The molecule has 1 aromatic heterocycles. The zero-order chi connectivity index (χ0) is 11.8. The van der Waals surface area contributed by atoms with E-state index < -0.39 is 0 Å². The van der Waals surface area contributed by atoms with Gasteiger partial charge in [-0.2, -0.15) is 0 Å². The average Bonchev–Trinajstić information content (AvgIpc) is 2.29. The molecular weight excluding hydrogens is 198 g/mol. The summed E-state index contributed by atoms with van der Waals surface area (Å²) in [6.07, 6.45) is 5.98. The van der Waals surface area contributed by atoms with Crippen LogP contribution in [0.4, 0.5) is 0 Å². The van der Waals surface area contributed by atoms with E-state index in [0.717, 1.165) is 26.1 Å². The number of rotatable bonds is 7. The molecule has 0 spiro atoms. The fourth-order valence-electron chi connectivity index (χ4n) is 1.63. The lowest BCUT2D eigenvalue weighted by Gasteiger charge is -2.12. The number of hydrogen-bond acceptors (Lipinski definition) is 2. The Hall–Kier alpha value is -0.890. The topological polar surface area (TPSA) is 22.1 Å². The minimum Gasteiger partial charge on any atom is -0.381 e. The van der Waals surface area contributed by atoms with Gasteiger partial charge in [0.25, 0.3) is 0 Å². The zero-order valence-corrected chi connectivity index (χ0v) is 10.4. The maximum Gasteiger partial charge on any atom is 0.0491 e. The van der Waals surface area contributed by atoms with Gasteiger partial charge in [-0.25, -0.2) is 0 Å². The Morgan fingerprint density at radius 1 is 1.31 bits per heavy atom. The highest BCUT2D eigenvalue weighted by molar-refractivity contribution is 5.14. The second-order valence-corrected chi connectivity index (χ2v) is 4.50. The molecule has 89 valence electrons. The van der Waals surface area contributed by atoms with E-state index in [2.05, 4.69) is 37.9 Å². The first-order valence-electron chi connectivity index (χ1n) is 6.01. The fourth-order valence-corrected chi connectivity index (χ4v) is 1.63. The van der Waals surface area contributed by atoms with Crippen molar-refractivity contribution in [2.75, 3.05) is 13.2 Å². The summed E-state index contributed by atoms with van der Waals surface area (Å²) in [5.41, 5.74) is 1.36. The lowest BCUT2D eigenvalue weighted by atomic mass is 9.98. The van der Waals surface area contributed by atoms with Gasteiger partial charge in [0.05, 0.1) is 0 Å². The molecule has 1 rings (SSSR count). The van der Waals surface area contributed by atoms with Gasteiger partial charge in [-0.3, -0.25) is 4.98 Å². The van der Waals surface area contributed by atoms with Gasteiger partial charge in [-0.1, -0.05) is 13.8 Å². The van der Waals surface area contributed by atoms with E-state index in [1.165, 1.54) is 5.56 Å². The molecule has 2 unspecified atom stereocenters. The van der Waals surface area contributed by atoms with Crippen molar-refractivity contribution < 1.29 is 4.74 Å². The highest BCUT2D eigenvalue weighted by Gasteiger charge is 2.04. The molecule has 0 aliphatic rings. The molecule has 16 heavy (non-hydrogen) atoms. The maximum atomic E-state index is 5.51. The first kappa shape index (κ1) is 13.2. The van der Waals surface area contributed by atoms with Gasteiger partial charge in [-0.05, 0) is 49.3 Å².